The highest BCUT2D eigenvalue weighted by Gasteiger charge is 2.55. The molecule has 0 aliphatic carbocycles. The lowest BCUT2D eigenvalue weighted by atomic mass is 9.77. The fourth-order valence-electron chi connectivity index (χ4n) is 4.49. The van der Waals surface area contributed by atoms with E-state index in [2.05, 4.69) is 5.32 Å². The molecule has 3 rings (SSSR count). The van der Waals surface area contributed by atoms with Crippen LogP contribution < -0.4 is 5.32 Å². The number of hydrogen-bond acceptors (Lipinski definition) is 3. The van der Waals surface area contributed by atoms with E-state index in [1.165, 1.54) is 6.07 Å². The summed E-state index contributed by atoms with van der Waals surface area (Å²) in [7, 11) is 0. The Morgan fingerprint density at radius 3 is 2.62 bits per heavy atom. The summed E-state index contributed by atoms with van der Waals surface area (Å²) < 4.78 is 34.0. The van der Waals surface area contributed by atoms with Crippen LogP contribution in [0.25, 0.3) is 0 Å². The van der Waals surface area contributed by atoms with Gasteiger partial charge in [0.15, 0.2) is 11.6 Å². The van der Waals surface area contributed by atoms with Gasteiger partial charge in [-0.3, -0.25) is 4.79 Å². The van der Waals surface area contributed by atoms with Gasteiger partial charge < -0.3 is 15.0 Å². The highest BCUT2D eigenvalue weighted by molar-refractivity contribution is 5.85. The number of nitrogens with zero attached hydrogens (tertiary/aromatic N) is 1. The Bertz CT molecular complexity index is 672. The Morgan fingerprint density at radius 2 is 1.96 bits per heavy atom. The molecule has 26 heavy (non-hydrogen) atoms. The standard InChI is InChI=1S/C20H28F2N2O2/c1-4-24-16(9-8-14-6-5-7-15(21)17(14)22)20(10-12-23-13-11-20)26-19(2,3)18(24)25/h5-7,16,23H,4,8-13H2,1-3H3. The molecule has 2 aliphatic heterocycles. The predicted molar refractivity (Wildman–Crippen MR) is 95.9 cm³/mol. The Kier molecular flexibility index (Phi) is 5.35. The molecular formula is C20H28F2N2O2. The number of aryl methyl sites for hydroxylation is 1. The van der Waals surface area contributed by atoms with Crippen molar-refractivity contribution in [3.05, 3.63) is 35.4 Å². The number of piperidine rings is 1. The van der Waals surface area contributed by atoms with Crippen LogP contribution in [0.15, 0.2) is 18.2 Å². The van der Waals surface area contributed by atoms with E-state index >= 15 is 0 Å². The molecule has 1 aromatic carbocycles. The van der Waals surface area contributed by atoms with Crippen LogP contribution in [0, 0.1) is 11.6 Å². The number of ether oxygens (including phenoxy) is 1. The van der Waals surface area contributed by atoms with Gasteiger partial charge in [0.1, 0.15) is 5.60 Å². The number of halogens is 2. The summed E-state index contributed by atoms with van der Waals surface area (Å²) in [6.45, 7) is 7.84. The number of carbonyl (C=O) groups excluding carboxylic acids is 1. The van der Waals surface area contributed by atoms with Gasteiger partial charge in [-0.25, -0.2) is 8.78 Å². The minimum atomic E-state index is -0.867. The van der Waals surface area contributed by atoms with E-state index in [9.17, 15) is 13.6 Å². The Balaban J connectivity index is 1.89. The number of carbonyl (C=O) groups is 1. The van der Waals surface area contributed by atoms with E-state index < -0.39 is 22.8 Å². The Morgan fingerprint density at radius 1 is 1.27 bits per heavy atom. The number of likely N-dealkylation sites (N-methyl/N-ethyl adjacent to an activating group) is 1. The molecule has 1 spiro atoms. The summed E-state index contributed by atoms with van der Waals surface area (Å²) in [6, 6.07) is 4.12. The van der Waals surface area contributed by atoms with Crippen molar-refractivity contribution in [2.75, 3.05) is 19.6 Å². The van der Waals surface area contributed by atoms with Crippen LogP contribution in [0.1, 0.15) is 45.6 Å². The predicted octanol–water partition coefficient (Wildman–Crippen LogP) is 3.05. The molecule has 1 aromatic rings. The average Bonchev–Trinajstić information content (AvgIpc) is 2.60. The lowest BCUT2D eigenvalue weighted by Gasteiger charge is -2.56. The summed E-state index contributed by atoms with van der Waals surface area (Å²) in [6.07, 6.45) is 2.53. The largest absolute Gasteiger partial charge is 0.357 e. The van der Waals surface area contributed by atoms with Gasteiger partial charge in [-0.05, 0) is 71.2 Å². The van der Waals surface area contributed by atoms with Gasteiger partial charge in [0.2, 0.25) is 0 Å². The van der Waals surface area contributed by atoms with E-state index in [4.69, 9.17) is 4.74 Å². The van der Waals surface area contributed by atoms with Gasteiger partial charge in [-0.15, -0.1) is 0 Å². The van der Waals surface area contributed by atoms with E-state index in [0.717, 1.165) is 32.0 Å². The monoisotopic (exact) mass is 366 g/mol. The van der Waals surface area contributed by atoms with Crippen LogP contribution in [0.2, 0.25) is 0 Å². The van der Waals surface area contributed by atoms with Gasteiger partial charge in [0, 0.05) is 6.54 Å². The minimum absolute atomic E-state index is 0.0335. The fraction of sp³-hybridized carbons (Fsp3) is 0.650. The number of benzene rings is 1. The van der Waals surface area contributed by atoms with Gasteiger partial charge in [0.05, 0.1) is 11.6 Å². The summed E-state index contributed by atoms with van der Waals surface area (Å²) in [4.78, 5) is 14.8. The quantitative estimate of drug-likeness (QED) is 0.891. The van der Waals surface area contributed by atoms with Crippen molar-refractivity contribution in [1.82, 2.24) is 10.2 Å². The van der Waals surface area contributed by atoms with Gasteiger partial charge >= 0.3 is 0 Å². The van der Waals surface area contributed by atoms with Crippen LogP contribution in [0.4, 0.5) is 8.78 Å². The van der Waals surface area contributed by atoms with Gasteiger partial charge in [-0.2, -0.15) is 0 Å². The third-order valence-corrected chi connectivity index (χ3v) is 5.73. The molecule has 2 heterocycles. The lowest BCUT2D eigenvalue weighted by molar-refractivity contribution is -0.231. The van der Waals surface area contributed by atoms with E-state index in [-0.39, 0.29) is 11.9 Å². The molecule has 0 radical (unpaired) electrons. The van der Waals surface area contributed by atoms with Crippen molar-refractivity contribution in [2.45, 2.75) is 63.7 Å². The van der Waals surface area contributed by atoms with Crippen LogP contribution in [-0.4, -0.2) is 47.7 Å². The van der Waals surface area contributed by atoms with Crippen molar-refractivity contribution in [3.63, 3.8) is 0 Å². The van der Waals surface area contributed by atoms with Crippen molar-refractivity contribution < 1.29 is 18.3 Å². The molecule has 144 valence electrons. The molecule has 0 aromatic heterocycles. The molecule has 2 fully saturated rings. The highest BCUT2D eigenvalue weighted by atomic mass is 19.2. The summed E-state index contributed by atoms with van der Waals surface area (Å²) in [5, 5.41) is 3.35. The molecular weight excluding hydrogens is 338 g/mol. The number of hydrogen-bond donors (Lipinski definition) is 1. The number of nitrogens with one attached hydrogen (secondary N) is 1. The molecule has 4 nitrogen and oxygen atoms in total. The van der Waals surface area contributed by atoms with Gasteiger partial charge in [-0.1, -0.05) is 12.1 Å². The number of amides is 1. The van der Waals surface area contributed by atoms with Crippen LogP contribution in [0.5, 0.6) is 0 Å². The van der Waals surface area contributed by atoms with Crippen molar-refractivity contribution in [2.24, 2.45) is 0 Å². The smallest absolute Gasteiger partial charge is 0.254 e. The summed E-state index contributed by atoms with van der Waals surface area (Å²) >= 11 is 0. The molecule has 1 N–H and O–H groups in total. The maximum absolute atomic E-state index is 14.1. The van der Waals surface area contributed by atoms with Crippen LogP contribution in [0.3, 0.4) is 0 Å². The van der Waals surface area contributed by atoms with E-state index in [1.54, 1.807) is 6.07 Å². The topological polar surface area (TPSA) is 41.6 Å². The zero-order valence-corrected chi connectivity index (χ0v) is 15.8. The first kappa shape index (κ1) is 19.2. The molecule has 2 aliphatic rings. The summed E-state index contributed by atoms with van der Waals surface area (Å²) in [5.41, 5.74) is -0.960. The van der Waals surface area contributed by atoms with Crippen LogP contribution >= 0.6 is 0 Å². The molecule has 1 atom stereocenters. The molecule has 6 heteroatoms. The Labute approximate surface area is 153 Å². The zero-order valence-electron chi connectivity index (χ0n) is 15.8. The third kappa shape index (κ3) is 3.37. The SMILES string of the molecule is CCN1C(=O)C(C)(C)OC2(CCNCC2)C1CCc1cccc(F)c1F. The van der Waals surface area contributed by atoms with Crippen LogP contribution in [-0.2, 0) is 16.0 Å². The maximum Gasteiger partial charge on any atom is 0.254 e. The first-order valence-electron chi connectivity index (χ1n) is 9.45. The molecule has 0 saturated carbocycles. The maximum atomic E-state index is 14.1. The fourth-order valence-corrected chi connectivity index (χ4v) is 4.49. The Hall–Kier alpha value is -1.53. The number of morpholine rings is 1. The van der Waals surface area contributed by atoms with E-state index in [1.807, 2.05) is 25.7 Å². The first-order chi connectivity index (χ1) is 12.3. The lowest BCUT2D eigenvalue weighted by Crippen LogP contribution is -2.70. The third-order valence-electron chi connectivity index (χ3n) is 5.73. The molecule has 2 saturated heterocycles. The molecule has 1 unspecified atom stereocenters. The van der Waals surface area contributed by atoms with Gasteiger partial charge in [0.25, 0.3) is 5.91 Å². The zero-order chi connectivity index (χ0) is 18.9. The molecule has 0 bridgehead atoms. The second kappa shape index (κ2) is 7.24. The second-order valence-electron chi connectivity index (χ2n) is 7.79. The second-order valence-corrected chi connectivity index (χ2v) is 7.79. The summed E-state index contributed by atoms with van der Waals surface area (Å²) in [5.74, 6) is -1.66. The average molecular weight is 366 g/mol. The normalized spacial score (nSPS) is 24.9. The first-order valence-corrected chi connectivity index (χ1v) is 9.45. The van der Waals surface area contributed by atoms with Crippen molar-refractivity contribution >= 4 is 5.91 Å². The highest BCUT2D eigenvalue weighted by Crippen LogP contribution is 2.42. The van der Waals surface area contributed by atoms with Crippen molar-refractivity contribution in [1.29, 1.82) is 0 Å². The molecule has 1 amide bonds. The minimum Gasteiger partial charge on any atom is -0.357 e. The van der Waals surface area contributed by atoms with E-state index in [0.29, 0.717) is 24.9 Å². The number of rotatable bonds is 4. The van der Waals surface area contributed by atoms with Crippen molar-refractivity contribution in [3.8, 4) is 0 Å².